The number of hydrogen-bond donors (Lipinski definition) is 1. The van der Waals surface area contributed by atoms with Gasteiger partial charge in [-0.1, -0.05) is 24.3 Å². The van der Waals surface area contributed by atoms with Crippen LogP contribution in [0.4, 0.5) is 4.39 Å². The van der Waals surface area contributed by atoms with Crippen LogP contribution in [0.1, 0.15) is 30.1 Å². The fraction of sp³-hybridized carbons (Fsp3) is 0.381. The lowest BCUT2D eigenvalue weighted by Gasteiger charge is -2.22. The normalized spacial score (nSPS) is 11.7. The molecule has 0 aromatic heterocycles. The average Bonchev–Trinajstić information content (AvgIpc) is 2.68. The number of ether oxygens (including phenoxy) is 2. The summed E-state index contributed by atoms with van der Waals surface area (Å²) >= 11 is 0. The summed E-state index contributed by atoms with van der Waals surface area (Å²) < 4.78 is 24.0. The molecule has 0 aliphatic carbocycles. The Morgan fingerprint density at radius 2 is 1.85 bits per heavy atom. The van der Waals surface area contributed by atoms with Gasteiger partial charge in [0, 0.05) is 13.5 Å². The van der Waals surface area contributed by atoms with Gasteiger partial charge in [-0.25, -0.2) is 4.39 Å². The quantitative estimate of drug-likeness (QED) is 0.730. The summed E-state index contributed by atoms with van der Waals surface area (Å²) in [7, 11) is 4.72. The molecule has 5 nitrogen and oxygen atoms in total. The highest BCUT2D eigenvalue weighted by atomic mass is 19.1. The van der Waals surface area contributed by atoms with E-state index in [0.717, 1.165) is 0 Å². The maximum Gasteiger partial charge on any atom is 0.222 e. The van der Waals surface area contributed by atoms with Gasteiger partial charge >= 0.3 is 0 Å². The molecule has 6 heteroatoms. The molecule has 0 heterocycles. The second-order valence-corrected chi connectivity index (χ2v) is 6.35. The number of aliphatic hydroxyl groups is 1. The highest BCUT2D eigenvalue weighted by molar-refractivity contribution is 5.75. The summed E-state index contributed by atoms with van der Waals surface area (Å²) in [5.74, 6) is 0.756. The lowest BCUT2D eigenvalue weighted by atomic mass is 10.1. The third kappa shape index (κ3) is 5.69. The van der Waals surface area contributed by atoms with Gasteiger partial charge in [0.1, 0.15) is 5.82 Å². The Morgan fingerprint density at radius 1 is 1.15 bits per heavy atom. The van der Waals surface area contributed by atoms with Gasteiger partial charge in [0.2, 0.25) is 5.91 Å². The first-order chi connectivity index (χ1) is 13.0. The third-order valence-corrected chi connectivity index (χ3v) is 4.46. The van der Waals surface area contributed by atoms with E-state index in [0.29, 0.717) is 41.9 Å². The molecule has 0 radical (unpaired) electrons. The smallest absolute Gasteiger partial charge is 0.222 e. The van der Waals surface area contributed by atoms with Crippen LogP contribution in [0, 0.1) is 5.82 Å². The van der Waals surface area contributed by atoms with Crippen LogP contribution >= 0.6 is 0 Å². The summed E-state index contributed by atoms with van der Waals surface area (Å²) in [6.45, 7) is 0.161. The van der Waals surface area contributed by atoms with Crippen LogP contribution < -0.4 is 9.47 Å². The van der Waals surface area contributed by atoms with E-state index < -0.39 is 6.10 Å². The first kappa shape index (κ1) is 20.7. The van der Waals surface area contributed by atoms with Crippen molar-refractivity contribution in [3.63, 3.8) is 0 Å². The van der Waals surface area contributed by atoms with Gasteiger partial charge in [-0.15, -0.1) is 0 Å². The van der Waals surface area contributed by atoms with Gasteiger partial charge < -0.3 is 19.5 Å². The molecule has 0 aliphatic heterocycles. The molecule has 0 saturated heterocycles. The Bertz CT molecular complexity index is 766. The molecular formula is C21H26FNO4. The maximum atomic E-state index is 13.6. The third-order valence-electron chi connectivity index (χ3n) is 4.46. The number of nitrogens with zero attached hydrogens (tertiary/aromatic N) is 1. The number of likely N-dealkylation sites (N-methyl/N-ethyl adjacent to an activating group) is 1. The van der Waals surface area contributed by atoms with E-state index in [4.69, 9.17) is 9.47 Å². The molecular weight excluding hydrogens is 349 g/mol. The number of benzene rings is 2. The van der Waals surface area contributed by atoms with Crippen molar-refractivity contribution in [1.82, 2.24) is 4.90 Å². The Morgan fingerprint density at radius 3 is 2.52 bits per heavy atom. The summed E-state index contributed by atoms with van der Waals surface area (Å²) in [5, 5.41) is 10.4. The van der Waals surface area contributed by atoms with Crippen LogP contribution in [-0.2, 0) is 11.2 Å². The predicted molar refractivity (Wildman–Crippen MR) is 101 cm³/mol. The molecule has 2 aromatic rings. The fourth-order valence-corrected chi connectivity index (χ4v) is 2.85. The van der Waals surface area contributed by atoms with Crippen molar-refractivity contribution in [1.29, 1.82) is 0 Å². The molecule has 1 unspecified atom stereocenters. The van der Waals surface area contributed by atoms with Crippen LogP contribution in [0.3, 0.4) is 0 Å². The number of aryl methyl sites for hydroxylation is 1. The second-order valence-electron chi connectivity index (χ2n) is 6.35. The Balaban J connectivity index is 1.87. The van der Waals surface area contributed by atoms with E-state index in [1.807, 2.05) is 0 Å². The molecule has 0 fully saturated rings. The number of rotatable bonds is 9. The summed E-state index contributed by atoms with van der Waals surface area (Å²) in [6, 6.07) is 11.7. The summed E-state index contributed by atoms with van der Waals surface area (Å²) in [4.78, 5) is 13.8. The minimum Gasteiger partial charge on any atom is -0.493 e. The minimum absolute atomic E-state index is 0.0918. The molecule has 0 spiro atoms. The van der Waals surface area contributed by atoms with Crippen LogP contribution in [0.25, 0.3) is 0 Å². The molecule has 1 N–H and O–H groups in total. The van der Waals surface area contributed by atoms with Gasteiger partial charge in [0.25, 0.3) is 0 Å². The largest absolute Gasteiger partial charge is 0.493 e. The van der Waals surface area contributed by atoms with E-state index in [1.165, 1.54) is 18.1 Å². The van der Waals surface area contributed by atoms with Crippen molar-refractivity contribution >= 4 is 5.91 Å². The van der Waals surface area contributed by atoms with Gasteiger partial charge in [0.05, 0.1) is 26.9 Å². The van der Waals surface area contributed by atoms with Crippen molar-refractivity contribution in [3.05, 3.63) is 59.4 Å². The van der Waals surface area contributed by atoms with E-state index >= 15 is 0 Å². The number of hydrogen-bond acceptors (Lipinski definition) is 4. The van der Waals surface area contributed by atoms with Crippen LogP contribution in [-0.4, -0.2) is 43.7 Å². The standard InChI is InChI=1S/C21H26FNO4/c1-23(21(25)10-6-8-15-7-4-5-9-17(15)22)14-18(24)16-11-12-19(26-2)20(13-16)27-3/h4-5,7,9,11-13,18,24H,6,8,10,14H2,1-3H3. The zero-order chi connectivity index (χ0) is 19.8. The Hall–Kier alpha value is -2.60. The number of halogens is 1. The number of aliphatic hydroxyl groups excluding tert-OH is 1. The second kappa shape index (κ2) is 9.92. The minimum atomic E-state index is -0.842. The van der Waals surface area contributed by atoms with Crippen LogP contribution in [0.5, 0.6) is 11.5 Å². The molecule has 2 rings (SSSR count). The van der Waals surface area contributed by atoms with Crippen molar-refractivity contribution in [2.45, 2.75) is 25.4 Å². The highest BCUT2D eigenvalue weighted by Gasteiger charge is 2.17. The zero-order valence-corrected chi connectivity index (χ0v) is 15.9. The van der Waals surface area contributed by atoms with E-state index in [1.54, 1.807) is 50.6 Å². The number of methoxy groups -OCH3 is 2. The van der Waals surface area contributed by atoms with E-state index in [9.17, 15) is 14.3 Å². The van der Waals surface area contributed by atoms with E-state index in [-0.39, 0.29) is 18.3 Å². The first-order valence-electron chi connectivity index (χ1n) is 8.83. The maximum absolute atomic E-state index is 13.6. The van der Waals surface area contributed by atoms with Crippen LogP contribution in [0.2, 0.25) is 0 Å². The number of carbonyl (C=O) groups is 1. The first-order valence-corrected chi connectivity index (χ1v) is 8.83. The molecule has 0 saturated carbocycles. The van der Waals surface area contributed by atoms with Crippen LogP contribution in [0.15, 0.2) is 42.5 Å². The lowest BCUT2D eigenvalue weighted by Crippen LogP contribution is -2.31. The molecule has 0 bridgehead atoms. The van der Waals surface area contributed by atoms with Crippen molar-refractivity contribution < 1.29 is 23.8 Å². The summed E-state index contributed by atoms with van der Waals surface area (Å²) in [5.41, 5.74) is 1.25. The number of amides is 1. The Kier molecular flexibility index (Phi) is 7.61. The zero-order valence-electron chi connectivity index (χ0n) is 15.9. The lowest BCUT2D eigenvalue weighted by molar-refractivity contribution is -0.131. The van der Waals surface area contributed by atoms with Crippen molar-refractivity contribution in [3.8, 4) is 11.5 Å². The molecule has 27 heavy (non-hydrogen) atoms. The Labute approximate surface area is 159 Å². The van der Waals surface area contributed by atoms with Gasteiger partial charge in [-0.05, 0) is 42.2 Å². The summed E-state index contributed by atoms with van der Waals surface area (Å²) in [6.07, 6.45) is 0.509. The molecule has 1 atom stereocenters. The van der Waals surface area contributed by atoms with E-state index in [2.05, 4.69) is 0 Å². The van der Waals surface area contributed by atoms with Gasteiger partial charge in [-0.3, -0.25) is 4.79 Å². The molecule has 0 aliphatic rings. The molecule has 146 valence electrons. The van der Waals surface area contributed by atoms with Gasteiger partial charge in [0.15, 0.2) is 11.5 Å². The average molecular weight is 375 g/mol. The van der Waals surface area contributed by atoms with Gasteiger partial charge in [-0.2, -0.15) is 0 Å². The number of carbonyl (C=O) groups excluding carboxylic acids is 1. The monoisotopic (exact) mass is 375 g/mol. The molecule has 1 amide bonds. The highest BCUT2D eigenvalue weighted by Crippen LogP contribution is 2.30. The molecule has 2 aromatic carbocycles. The SMILES string of the molecule is COc1ccc(C(O)CN(C)C(=O)CCCc2ccccc2F)cc1OC. The van der Waals surface area contributed by atoms with Crippen molar-refractivity contribution in [2.75, 3.05) is 27.8 Å². The van der Waals surface area contributed by atoms with Crippen molar-refractivity contribution in [2.24, 2.45) is 0 Å². The predicted octanol–water partition coefficient (Wildman–Crippen LogP) is 3.36. The fourth-order valence-electron chi connectivity index (χ4n) is 2.85. The topological polar surface area (TPSA) is 59.0 Å².